The maximum atomic E-state index is 12.1. The molecule has 1 aliphatic rings. The molecule has 2 aromatic rings. The molecule has 1 N–H and O–H groups in total. The van der Waals surface area contributed by atoms with E-state index in [2.05, 4.69) is 14.7 Å². The van der Waals surface area contributed by atoms with E-state index in [4.69, 9.17) is 5.11 Å². The third kappa shape index (κ3) is 2.40. The number of rotatable bonds is 3. The second-order valence-corrected chi connectivity index (χ2v) is 4.60. The van der Waals surface area contributed by atoms with Crippen molar-refractivity contribution < 1.29 is 19.1 Å². The summed E-state index contributed by atoms with van der Waals surface area (Å²) >= 11 is 0. The number of carbonyl (C=O) groups excluding carboxylic acids is 1. The molecule has 21 heavy (non-hydrogen) atoms. The van der Waals surface area contributed by atoms with Crippen molar-refractivity contribution in [3.8, 4) is 0 Å². The standard InChI is InChI=1S/C12H10N4O5/c17-10-2-1-7(6-21-10)11(18)15-3-8(4-15)16-5-9(12(19)20)13-14-16/h1-2,5-6,8H,3-4H2,(H,19,20). The first kappa shape index (κ1) is 13.0. The fourth-order valence-corrected chi connectivity index (χ4v) is 2.00. The molecular formula is C12H10N4O5. The summed E-state index contributed by atoms with van der Waals surface area (Å²) in [5.41, 5.74) is -0.362. The monoisotopic (exact) mass is 290 g/mol. The van der Waals surface area contributed by atoms with Crippen LogP contribution in [0.3, 0.4) is 0 Å². The Kier molecular flexibility index (Phi) is 3.01. The Morgan fingerprint density at radius 2 is 2.10 bits per heavy atom. The Bertz CT molecular complexity index is 739. The third-order valence-electron chi connectivity index (χ3n) is 3.20. The van der Waals surface area contributed by atoms with Gasteiger partial charge < -0.3 is 14.4 Å². The predicted octanol–water partition coefficient (Wildman–Crippen LogP) is -0.373. The molecule has 0 radical (unpaired) electrons. The Balaban J connectivity index is 1.64. The molecule has 0 spiro atoms. The number of hydrogen-bond donors (Lipinski definition) is 1. The van der Waals surface area contributed by atoms with E-state index in [9.17, 15) is 14.4 Å². The molecule has 9 nitrogen and oxygen atoms in total. The Hall–Kier alpha value is -2.97. The number of likely N-dealkylation sites (tertiary alicyclic amines) is 1. The topological polar surface area (TPSA) is 119 Å². The second kappa shape index (κ2) is 4.85. The number of carboxylic acid groups (broad SMARTS) is 1. The van der Waals surface area contributed by atoms with Crippen molar-refractivity contribution >= 4 is 11.9 Å². The molecular weight excluding hydrogens is 280 g/mol. The highest BCUT2D eigenvalue weighted by Gasteiger charge is 2.33. The summed E-state index contributed by atoms with van der Waals surface area (Å²) in [6.07, 6.45) is 2.45. The van der Waals surface area contributed by atoms with E-state index in [1.165, 1.54) is 23.0 Å². The van der Waals surface area contributed by atoms with Crippen LogP contribution in [-0.2, 0) is 0 Å². The first-order chi connectivity index (χ1) is 10.0. The maximum Gasteiger partial charge on any atom is 0.358 e. The summed E-state index contributed by atoms with van der Waals surface area (Å²) in [4.78, 5) is 35.1. The lowest BCUT2D eigenvalue weighted by atomic mass is 10.1. The minimum atomic E-state index is -1.15. The van der Waals surface area contributed by atoms with Crippen LogP contribution >= 0.6 is 0 Å². The molecule has 0 atom stereocenters. The van der Waals surface area contributed by atoms with Crippen LogP contribution in [0.25, 0.3) is 0 Å². The molecule has 0 unspecified atom stereocenters. The van der Waals surface area contributed by atoms with Gasteiger partial charge in [0.25, 0.3) is 5.91 Å². The molecule has 3 heterocycles. The highest BCUT2D eigenvalue weighted by Crippen LogP contribution is 2.22. The zero-order chi connectivity index (χ0) is 15.0. The molecule has 1 aliphatic heterocycles. The second-order valence-electron chi connectivity index (χ2n) is 4.60. The summed E-state index contributed by atoms with van der Waals surface area (Å²) in [6, 6.07) is 2.48. The predicted molar refractivity (Wildman–Crippen MR) is 66.9 cm³/mol. The summed E-state index contributed by atoms with van der Waals surface area (Å²) in [5, 5.41) is 16.0. The minimum absolute atomic E-state index is 0.106. The zero-order valence-electron chi connectivity index (χ0n) is 10.7. The van der Waals surface area contributed by atoms with Crippen LogP contribution in [0.15, 0.2) is 33.8 Å². The highest BCUT2D eigenvalue weighted by atomic mass is 16.4. The molecule has 1 amide bonds. The van der Waals surface area contributed by atoms with E-state index < -0.39 is 11.6 Å². The van der Waals surface area contributed by atoms with Crippen LogP contribution in [-0.4, -0.2) is 50.0 Å². The van der Waals surface area contributed by atoms with Gasteiger partial charge in [0.1, 0.15) is 6.26 Å². The lowest BCUT2D eigenvalue weighted by molar-refractivity contribution is 0.0494. The quantitative estimate of drug-likeness (QED) is 0.818. The van der Waals surface area contributed by atoms with Crippen LogP contribution in [0.5, 0.6) is 0 Å². The van der Waals surface area contributed by atoms with E-state index >= 15 is 0 Å². The van der Waals surface area contributed by atoms with E-state index in [0.717, 1.165) is 6.26 Å². The van der Waals surface area contributed by atoms with Crippen LogP contribution < -0.4 is 5.63 Å². The minimum Gasteiger partial charge on any atom is -0.476 e. The fourth-order valence-electron chi connectivity index (χ4n) is 2.00. The highest BCUT2D eigenvalue weighted by molar-refractivity contribution is 5.94. The van der Waals surface area contributed by atoms with E-state index in [0.29, 0.717) is 13.1 Å². The first-order valence-electron chi connectivity index (χ1n) is 6.08. The number of amides is 1. The average Bonchev–Trinajstić information content (AvgIpc) is 2.87. The van der Waals surface area contributed by atoms with Gasteiger partial charge in [0, 0.05) is 19.2 Å². The van der Waals surface area contributed by atoms with Gasteiger partial charge in [-0.05, 0) is 6.07 Å². The summed E-state index contributed by atoms with van der Waals surface area (Å²) in [7, 11) is 0. The van der Waals surface area contributed by atoms with Gasteiger partial charge in [-0.2, -0.15) is 0 Å². The van der Waals surface area contributed by atoms with Gasteiger partial charge in [-0.1, -0.05) is 5.21 Å². The zero-order valence-corrected chi connectivity index (χ0v) is 10.7. The van der Waals surface area contributed by atoms with Gasteiger partial charge >= 0.3 is 11.6 Å². The van der Waals surface area contributed by atoms with Crippen molar-refractivity contribution in [1.82, 2.24) is 19.9 Å². The lowest BCUT2D eigenvalue weighted by Crippen LogP contribution is -2.50. The van der Waals surface area contributed by atoms with Gasteiger partial charge in [-0.15, -0.1) is 5.10 Å². The van der Waals surface area contributed by atoms with E-state index in [-0.39, 0.29) is 23.2 Å². The number of carboxylic acids is 1. The third-order valence-corrected chi connectivity index (χ3v) is 3.20. The van der Waals surface area contributed by atoms with E-state index in [1.54, 1.807) is 4.90 Å². The van der Waals surface area contributed by atoms with E-state index in [1.807, 2.05) is 0 Å². The number of nitrogens with zero attached hydrogens (tertiary/aromatic N) is 4. The Morgan fingerprint density at radius 1 is 1.33 bits per heavy atom. The number of carbonyl (C=O) groups is 2. The molecule has 3 rings (SSSR count). The molecule has 0 saturated carbocycles. The van der Waals surface area contributed by atoms with Crippen molar-refractivity contribution in [2.45, 2.75) is 6.04 Å². The first-order valence-corrected chi connectivity index (χ1v) is 6.08. The van der Waals surface area contributed by atoms with Crippen molar-refractivity contribution in [3.05, 3.63) is 46.3 Å². The van der Waals surface area contributed by atoms with Crippen molar-refractivity contribution in [1.29, 1.82) is 0 Å². The molecule has 0 aliphatic carbocycles. The Labute approximate surface area is 117 Å². The largest absolute Gasteiger partial charge is 0.476 e. The summed E-state index contributed by atoms with van der Waals surface area (Å²) in [6.45, 7) is 0.779. The van der Waals surface area contributed by atoms with Gasteiger partial charge in [0.15, 0.2) is 5.69 Å². The molecule has 0 bridgehead atoms. The fraction of sp³-hybridized carbons (Fsp3) is 0.250. The number of aromatic carboxylic acids is 1. The van der Waals surface area contributed by atoms with Crippen molar-refractivity contribution in [3.63, 3.8) is 0 Å². The van der Waals surface area contributed by atoms with Crippen molar-refractivity contribution in [2.24, 2.45) is 0 Å². The normalized spacial score (nSPS) is 14.8. The SMILES string of the molecule is O=C(O)c1cn(C2CN(C(=O)c3ccc(=O)oc3)C2)nn1. The molecule has 1 saturated heterocycles. The van der Waals surface area contributed by atoms with Gasteiger partial charge in [-0.3, -0.25) is 4.79 Å². The summed E-state index contributed by atoms with van der Waals surface area (Å²) in [5.74, 6) is -1.40. The molecule has 0 aromatic carbocycles. The lowest BCUT2D eigenvalue weighted by Gasteiger charge is -2.38. The average molecular weight is 290 g/mol. The smallest absolute Gasteiger partial charge is 0.358 e. The molecule has 9 heteroatoms. The van der Waals surface area contributed by atoms with Gasteiger partial charge in [0.05, 0.1) is 17.8 Å². The van der Waals surface area contributed by atoms with Crippen LogP contribution in [0.4, 0.5) is 0 Å². The summed E-state index contributed by atoms with van der Waals surface area (Å²) < 4.78 is 6.07. The van der Waals surface area contributed by atoms with Crippen LogP contribution in [0.1, 0.15) is 26.9 Å². The molecule has 2 aromatic heterocycles. The maximum absolute atomic E-state index is 12.1. The molecule has 1 fully saturated rings. The number of aromatic nitrogens is 3. The van der Waals surface area contributed by atoms with Crippen LogP contribution in [0, 0.1) is 0 Å². The van der Waals surface area contributed by atoms with Gasteiger partial charge in [-0.25, -0.2) is 14.3 Å². The van der Waals surface area contributed by atoms with Gasteiger partial charge in [0.2, 0.25) is 0 Å². The van der Waals surface area contributed by atoms with Crippen LogP contribution in [0.2, 0.25) is 0 Å². The Morgan fingerprint density at radius 3 is 2.67 bits per heavy atom. The number of hydrogen-bond acceptors (Lipinski definition) is 6. The van der Waals surface area contributed by atoms with Crippen molar-refractivity contribution in [2.75, 3.05) is 13.1 Å². The molecule has 108 valence electrons.